The minimum Gasteiger partial charge on any atom is -0.326 e. The standard InChI is InChI=1S/C14H19N3/c1-9-5-10(2)7-13(6-9)17-12(4)14(8-15)11(3)16-17/h5-7H,8,15H2,1-4H3. The third-order valence-electron chi connectivity index (χ3n) is 3.10. The van der Waals surface area contributed by atoms with Gasteiger partial charge in [-0.05, 0) is 51.0 Å². The molecule has 1 heterocycles. The van der Waals surface area contributed by atoms with Crippen LogP contribution in [-0.2, 0) is 6.54 Å². The van der Waals surface area contributed by atoms with Gasteiger partial charge in [-0.25, -0.2) is 4.68 Å². The summed E-state index contributed by atoms with van der Waals surface area (Å²) in [4.78, 5) is 0. The molecule has 90 valence electrons. The first kappa shape index (κ1) is 11.9. The van der Waals surface area contributed by atoms with E-state index in [0.29, 0.717) is 6.54 Å². The maximum absolute atomic E-state index is 5.75. The lowest BCUT2D eigenvalue weighted by molar-refractivity contribution is 0.830. The number of benzene rings is 1. The molecule has 0 atom stereocenters. The molecule has 0 aliphatic carbocycles. The molecular weight excluding hydrogens is 210 g/mol. The van der Waals surface area contributed by atoms with Crippen LogP contribution in [0.5, 0.6) is 0 Å². The normalized spacial score (nSPS) is 10.9. The van der Waals surface area contributed by atoms with Crippen LogP contribution in [0.4, 0.5) is 0 Å². The Morgan fingerprint density at radius 1 is 1.06 bits per heavy atom. The average Bonchev–Trinajstić information content (AvgIpc) is 2.52. The second-order valence-electron chi connectivity index (χ2n) is 4.61. The van der Waals surface area contributed by atoms with Crippen LogP contribution in [0.3, 0.4) is 0 Å². The molecule has 1 aromatic heterocycles. The van der Waals surface area contributed by atoms with Crippen molar-refractivity contribution in [3.05, 3.63) is 46.3 Å². The van der Waals surface area contributed by atoms with Crippen molar-refractivity contribution in [3.63, 3.8) is 0 Å². The second kappa shape index (κ2) is 4.34. The van der Waals surface area contributed by atoms with Crippen molar-refractivity contribution in [2.45, 2.75) is 34.2 Å². The number of aromatic nitrogens is 2. The van der Waals surface area contributed by atoms with Gasteiger partial charge in [-0.3, -0.25) is 0 Å². The summed E-state index contributed by atoms with van der Waals surface area (Å²) in [6.07, 6.45) is 0. The predicted octanol–water partition coefficient (Wildman–Crippen LogP) is 2.56. The maximum atomic E-state index is 5.75. The molecule has 1 aromatic carbocycles. The lowest BCUT2D eigenvalue weighted by Crippen LogP contribution is -2.02. The van der Waals surface area contributed by atoms with Crippen molar-refractivity contribution in [1.29, 1.82) is 0 Å². The van der Waals surface area contributed by atoms with Crippen LogP contribution in [0.15, 0.2) is 18.2 Å². The molecule has 2 rings (SSSR count). The van der Waals surface area contributed by atoms with Crippen molar-refractivity contribution in [1.82, 2.24) is 9.78 Å². The minimum absolute atomic E-state index is 0.544. The molecule has 17 heavy (non-hydrogen) atoms. The van der Waals surface area contributed by atoms with Gasteiger partial charge in [0.1, 0.15) is 0 Å². The van der Waals surface area contributed by atoms with Gasteiger partial charge in [0.2, 0.25) is 0 Å². The van der Waals surface area contributed by atoms with Crippen molar-refractivity contribution in [3.8, 4) is 5.69 Å². The Kier molecular flexibility index (Phi) is 3.03. The average molecular weight is 229 g/mol. The van der Waals surface area contributed by atoms with E-state index in [1.54, 1.807) is 0 Å². The molecule has 3 nitrogen and oxygen atoms in total. The van der Waals surface area contributed by atoms with Crippen molar-refractivity contribution in [2.24, 2.45) is 5.73 Å². The van der Waals surface area contributed by atoms with E-state index in [0.717, 1.165) is 22.6 Å². The molecule has 2 aromatic rings. The van der Waals surface area contributed by atoms with Crippen LogP contribution in [0.2, 0.25) is 0 Å². The number of aryl methyl sites for hydroxylation is 3. The molecule has 0 spiro atoms. The Bertz CT molecular complexity index is 533. The zero-order valence-electron chi connectivity index (χ0n) is 10.9. The minimum atomic E-state index is 0.544. The summed E-state index contributed by atoms with van der Waals surface area (Å²) in [5.74, 6) is 0. The summed E-state index contributed by atoms with van der Waals surface area (Å²) in [7, 11) is 0. The molecule has 2 N–H and O–H groups in total. The highest BCUT2D eigenvalue weighted by molar-refractivity contribution is 5.42. The topological polar surface area (TPSA) is 43.8 Å². The van der Waals surface area contributed by atoms with Gasteiger partial charge in [0.05, 0.1) is 11.4 Å². The van der Waals surface area contributed by atoms with Crippen LogP contribution in [0, 0.1) is 27.7 Å². The van der Waals surface area contributed by atoms with Gasteiger partial charge in [0.15, 0.2) is 0 Å². The molecule has 0 amide bonds. The molecule has 0 unspecified atom stereocenters. The molecule has 0 bridgehead atoms. The maximum Gasteiger partial charge on any atom is 0.0654 e. The fraction of sp³-hybridized carbons (Fsp3) is 0.357. The summed E-state index contributed by atoms with van der Waals surface area (Å²) in [6.45, 7) is 8.83. The Balaban J connectivity index is 2.60. The van der Waals surface area contributed by atoms with Crippen LogP contribution >= 0.6 is 0 Å². The fourth-order valence-electron chi connectivity index (χ4n) is 2.29. The van der Waals surface area contributed by atoms with Gasteiger partial charge in [-0.15, -0.1) is 0 Å². The van der Waals surface area contributed by atoms with Gasteiger partial charge in [-0.1, -0.05) is 6.07 Å². The first-order valence-corrected chi connectivity index (χ1v) is 5.86. The van der Waals surface area contributed by atoms with Gasteiger partial charge >= 0.3 is 0 Å². The summed E-state index contributed by atoms with van der Waals surface area (Å²) in [5.41, 5.74) is 12.7. The molecule has 0 saturated carbocycles. The summed E-state index contributed by atoms with van der Waals surface area (Å²) >= 11 is 0. The zero-order valence-corrected chi connectivity index (χ0v) is 10.9. The Labute approximate surface area is 102 Å². The summed E-state index contributed by atoms with van der Waals surface area (Å²) in [5, 5.41) is 4.57. The Morgan fingerprint density at radius 3 is 2.12 bits per heavy atom. The van der Waals surface area contributed by atoms with Crippen LogP contribution in [0.25, 0.3) is 5.69 Å². The number of nitrogens with zero attached hydrogens (tertiary/aromatic N) is 2. The first-order chi connectivity index (χ1) is 8.02. The number of hydrogen-bond donors (Lipinski definition) is 1. The number of hydrogen-bond acceptors (Lipinski definition) is 2. The van der Waals surface area contributed by atoms with Crippen LogP contribution < -0.4 is 5.73 Å². The molecule has 0 saturated heterocycles. The quantitative estimate of drug-likeness (QED) is 0.860. The highest BCUT2D eigenvalue weighted by Gasteiger charge is 2.11. The highest BCUT2D eigenvalue weighted by Crippen LogP contribution is 2.19. The third-order valence-corrected chi connectivity index (χ3v) is 3.10. The second-order valence-corrected chi connectivity index (χ2v) is 4.61. The van der Waals surface area contributed by atoms with Gasteiger partial charge in [-0.2, -0.15) is 5.10 Å². The largest absolute Gasteiger partial charge is 0.326 e. The Morgan fingerprint density at radius 2 is 1.65 bits per heavy atom. The summed E-state index contributed by atoms with van der Waals surface area (Å²) < 4.78 is 1.98. The summed E-state index contributed by atoms with van der Waals surface area (Å²) in [6, 6.07) is 6.46. The lowest BCUT2D eigenvalue weighted by Gasteiger charge is -2.07. The first-order valence-electron chi connectivity index (χ1n) is 5.86. The van der Waals surface area contributed by atoms with E-state index >= 15 is 0 Å². The molecule has 0 aliphatic rings. The lowest BCUT2D eigenvalue weighted by atomic mass is 10.1. The molecule has 0 aliphatic heterocycles. The van der Waals surface area contributed by atoms with Crippen LogP contribution in [0.1, 0.15) is 28.1 Å². The van der Waals surface area contributed by atoms with Crippen molar-refractivity contribution in [2.75, 3.05) is 0 Å². The third kappa shape index (κ3) is 2.11. The molecule has 3 heteroatoms. The van der Waals surface area contributed by atoms with Crippen LogP contribution in [-0.4, -0.2) is 9.78 Å². The van der Waals surface area contributed by atoms with E-state index in [-0.39, 0.29) is 0 Å². The van der Waals surface area contributed by atoms with E-state index < -0.39 is 0 Å². The smallest absolute Gasteiger partial charge is 0.0654 e. The predicted molar refractivity (Wildman–Crippen MR) is 70.4 cm³/mol. The van der Waals surface area contributed by atoms with Crippen molar-refractivity contribution < 1.29 is 0 Å². The molecular formula is C14H19N3. The highest BCUT2D eigenvalue weighted by atomic mass is 15.3. The van der Waals surface area contributed by atoms with Crippen molar-refractivity contribution >= 4 is 0 Å². The number of rotatable bonds is 2. The van der Waals surface area contributed by atoms with E-state index in [1.165, 1.54) is 11.1 Å². The zero-order chi connectivity index (χ0) is 12.6. The van der Waals surface area contributed by atoms with E-state index in [1.807, 2.05) is 11.6 Å². The van der Waals surface area contributed by atoms with Gasteiger partial charge < -0.3 is 5.73 Å². The molecule has 0 fully saturated rings. The van der Waals surface area contributed by atoms with E-state index in [4.69, 9.17) is 5.73 Å². The number of nitrogens with two attached hydrogens (primary N) is 1. The van der Waals surface area contributed by atoms with E-state index in [9.17, 15) is 0 Å². The Hall–Kier alpha value is -1.61. The fourth-order valence-corrected chi connectivity index (χ4v) is 2.29. The van der Waals surface area contributed by atoms with Gasteiger partial charge in [0, 0.05) is 17.8 Å². The van der Waals surface area contributed by atoms with Gasteiger partial charge in [0.25, 0.3) is 0 Å². The van der Waals surface area contributed by atoms with E-state index in [2.05, 4.69) is 44.1 Å². The monoisotopic (exact) mass is 229 g/mol. The SMILES string of the molecule is Cc1cc(C)cc(-n2nc(C)c(CN)c2C)c1. The molecule has 0 radical (unpaired) electrons.